The average molecular weight is 277 g/mol. The molecule has 2 aromatic rings. The monoisotopic (exact) mass is 276 g/mol. The summed E-state index contributed by atoms with van der Waals surface area (Å²) in [6.45, 7) is 0. The summed E-state index contributed by atoms with van der Waals surface area (Å²) in [4.78, 5) is 14.9. The number of hydrogen-bond donors (Lipinski definition) is 1. The zero-order valence-electron chi connectivity index (χ0n) is 9.26. The zero-order valence-corrected chi connectivity index (χ0v) is 10.8. The lowest BCUT2D eigenvalue weighted by atomic mass is 10.2. The molecule has 0 amide bonds. The fourth-order valence-corrected chi connectivity index (χ4v) is 1.97. The summed E-state index contributed by atoms with van der Waals surface area (Å²) in [6, 6.07) is 8.74. The highest BCUT2D eigenvalue weighted by Gasteiger charge is 2.06. The molecule has 0 saturated heterocycles. The highest BCUT2D eigenvalue weighted by molar-refractivity contribution is 7.81. The van der Waals surface area contributed by atoms with Gasteiger partial charge in [0.25, 0.3) is 0 Å². The lowest BCUT2D eigenvalue weighted by Crippen LogP contribution is -2.11. The number of aromatic nitrogens is 1. The van der Waals surface area contributed by atoms with Gasteiger partial charge in [-0.1, -0.05) is 23.8 Å². The Bertz CT molecular complexity index is 584. The van der Waals surface area contributed by atoms with Gasteiger partial charge in [-0.15, -0.1) is 0 Å². The van der Waals surface area contributed by atoms with Gasteiger partial charge in [-0.25, -0.2) is 0 Å². The van der Waals surface area contributed by atoms with Gasteiger partial charge in [-0.05, 0) is 30.3 Å². The van der Waals surface area contributed by atoms with Gasteiger partial charge in [-0.3, -0.25) is 9.78 Å². The van der Waals surface area contributed by atoms with Gasteiger partial charge in [0.2, 0.25) is 0 Å². The maximum Gasteiger partial charge on any atom is 0.150 e. The molecule has 0 aliphatic rings. The standard InChI is InChI=1S/C13H9ClN2OS/c14-12-7-15-6-5-11(12)13(18)16-10-3-1-9(8-17)2-4-10/h1-8H,(H,16,18). The molecule has 0 radical (unpaired) electrons. The van der Waals surface area contributed by atoms with E-state index in [9.17, 15) is 4.79 Å². The molecule has 0 spiro atoms. The first kappa shape index (κ1) is 12.7. The zero-order chi connectivity index (χ0) is 13.0. The highest BCUT2D eigenvalue weighted by Crippen LogP contribution is 2.17. The molecule has 0 atom stereocenters. The quantitative estimate of drug-likeness (QED) is 0.690. The molecule has 1 heterocycles. The van der Waals surface area contributed by atoms with Crippen molar-refractivity contribution >= 4 is 40.8 Å². The van der Waals surface area contributed by atoms with Gasteiger partial charge in [-0.2, -0.15) is 0 Å². The van der Waals surface area contributed by atoms with Crippen LogP contribution in [-0.4, -0.2) is 16.3 Å². The van der Waals surface area contributed by atoms with Gasteiger partial charge < -0.3 is 5.32 Å². The van der Waals surface area contributed by atoms with Crippen molar-refractivity contribution in [1.29, 1.82) is 0 Å². The molecule has 0 aliphatic carbocycles. The largest absolute Gasteiger partial charge is 0.346 e. The molecule has 1 N–H and O–H groups in total. The second-order valence-electron chi connectivity index (χ2n) is 3.55. The van der Waals surface area contributed by atoms with Gasteiger partial charge >= 0.3 is 0 Å². The minimum absolute atomic E-state index is 0.500. The number of benzene rings is 1. The van der Waals surface area contributed by atoms with E-state index < -0.39 is 0 Å². The van der Waals surface area contributed by atoms with Crippen molar-refractivity contribution in [3.63, 3.8) is 0 Å². The molecule has 1 aromatic carbocycles. The van der Waals surface area contributed by atoms with Crippen LogP contribution < -0.4 is 5.32 Å². The first-order valence-electron chi connectivity index (χ1n) is 5.17. The summed E-state index contributed by atoms with van der Waals surface area (Å²) >= 11 is 11.3. The van der Waals surface area contributed by atoms with E-state index in [1.165, 1.54) is 0 Å². The molecular weight excluding hydrogens is 268 g/mol. The number of halogens is 1. The summed E-state index contributed by atoms with van der Waals surface area (Å²) in [5, 5.41) is 3.55. The van der Waals surface area contributed by atoms with Crippen LogP contribution in [0.2, 0.25) is 5.02 Å². The van der Waals surface area contributed by atoms with E-state index in [1.807, 2.05) is 0 Å². The molecule has 3 nitrogen and oxygen atoms in total. The third-order valence-corrected chi connectivity index (χ3v) is 2.94. The Morgan fingerprint density at radius 1 is 1.28 bits per heavy atom. The maximum absolute atomic E-state index is 10.5. The molecular formula is C13H9ClN2OS. The molecule has 0 saturated carbocycles. The fraction of sp³-hybridized carbons (Fsp3) is 0. The van der Waals surface area contributed by atoms with E-state index in [-0.39, 0.29) is 0 Å². The van der Waals surface area contributed by atoms with Crippen LogP contribution in [0.15, 0.2) is 42.7 Å². The van der Waals surface area contributed by atoms with E-state index in [0.29, 0.717) is 15.6 Å². The molecule has 5 heteroatoms. The minimum atomic E-state index is 0.500. The average Bonchev–Trinajstić information content (AvgIpc) is 2.40. The Hall–Kier alpha value is -1.78. The third-order valence-electron chi connectivity index (χ3n) is 2.32. The fourth-order valence-electron chi connectivity index (χ4n) is 1.40. The Morgan fingerprint density at radius 2 is 2.00 bits per heavy atom. The second kappa shape index (κ2) is 5.71. The Labute approximate surface area is 115 Å². The van der Waals surface area contributed by atoms with Crippen LogP contribution >= 0.6 is 23.8 Å². The number of anilines is 1. The predicted molar refractivity (Wildman–Crippen MR) is 76.4 cm³/mol. The van der Waals surface area contributed by atoms with Crippen molar-refractivity contribution in [3.8, 4) is 0 Å². The summed E-state index contributed by atoms with van der Waals surface area (Å²) in [5.41, 5.74) is 2.15. The number of carbonyl (C=O) groups excluding carboxylic acids is 1. The SMILES string of the molecule is O=Cc1ccc(NC(=S)c2ccncc2Cl)cc1. The van der Waals surface area contributed by atoms with Crippen molar-refractivity contribution in [2.75, 3.05) is 5.32 Å². The summed E-state index contributed by atoms with van der Waals surface area (Å²) in [6.07, 6.45) is 3.97. The molecule has 0 unspecified atom stereocenters. The van der Waals surface area contributed by atoms with E-state index in [1.54, 1.807) is 42.7 Å². The van der Waals surface area contributed by atoms with Crippen molar-refractivity contribution in [1.82, 2.24) is 4.98 Å². The van der Waals surface area contributed by atoms with Gasteiger partial charge in [0.1, 0.15) is 11.3 Å². The first-order valence-corrected chi connectivity index (χ1v) is 5.95. The Morgan fingerprint density at radius 3 is 2.61 bits per heavy atom. The summed E-state index contributed by atoms with van der Waals surface area (Å²) < 4.78 is 0. The van der Waals surface area contributed by atoms with Gasteiger partial charge in [0, 0.05) is 29.2 Å². The minimum Gasteiger partial charge on any atom is -0.346 e. The molecule has 0 fully saturated rings. The molecule has 90 valence electrons. The van der Waals surface area contributed by atoms with Gasteiger partial charge in [0.05, 0.1) is 5.02 Å². The number of pyridine rings is 1. The molecule has 1 aromatic heterocycles. The molecule has 2 rings (SSSR count). The smallest absolute Gasteiger partial charge is 0.150 e. The molecule has 0 aliphatic heterocycles. The number of hydrogen-bond acceptors (Lipinski definition) is 3. The van der Waals surface area contributed by atoms with Crippen LogP contribution in [0.5, 0.6) is 0 Å². The Kier molecular flexibility index (Phi) is 4.02. The van der Waals surface area contributed by atoms with E-state index in [0.717, 1.165) is 17.5 Å². The van der Waals surface area contributed by atoms with Crippen molar-refractivity contribution < 1.29 is 4.79 Å². The number of aldehydes is 1. The number of nitrogens with one attached hydrogen (secondary N) is 1. The number of rotatable bonds is 3. The van der Waals surface area contributed by atoms with Crippen molar-refractivity contribution in [2.24, 2.45) is 0 Å². The lowest BCUT2D eigenvalue weighted by molar-refractivity contribution is 0.112. The van der Waals surface area contributed by atoms with Gasteiger partial charge in [0.15, 0.2) is 0 Å². The van der Waals surface area contributed by atoms with Crippen LogP contribution in [0.1, 0.15) is 15.9 Å². The second-order valence-corrected chi connectivity index (χ2v) is 4.36. The van der Waals surface area contributed by atoms with Crippen LogP contribution in [0, 0.1) is 0 Å². The highest BCUT2D eigenvalue weighted by atomic mass is 35.5. The number of carbonyl (C=O) groups is 1. The number of thiocarbonyl (C=S) groups is 1. The molecule has 0 bridgehead atoms. The maximum atomic E-state index is 10.5. The van der Waals surface area contributed by atoms with Crippen LogP contribution in [0.4, 0.5) is 5.69 Å². The third kappa shape index (κ3) is 2.91. The van der Waals surface area contributed by atoms with Crippen LogP contribution in [-0.2, 0) is 0 Å². The van der Waals surface area contributed by atoms with E-state index in [2.05, 4.69) is 10.3 Å². The van der Waals surface area contributed by atoms with Crippen LogP contribution in [0.3, 0.4) is 0 Å². The van der Waals surface area contributed by atoms with Crippen molar-refractivity contribution in [3.05, 3.63) is 58.9 Å². The topological polar surface area (TPSA) is 42.0 Å². The normalized spacial score (nSPS) is 9.83. The van der Waals surface area contributed by atoms with E-state index in [4.69, 9.17) is 23.8 Å². The Balaban J connectivity index is 2.16. The lowest BCUT2D eigenvalue weighted by Gasteiger charge is -2.09. The summed E-state index contributed by atoms with van der Waals surface area (Å²) in [5.74, 6) is 0. The first-order chi connectivity index (χ1) is 8.70. The van der Waals surface area contributed by atoms with E-state index >= 15 is 0 Å². The summed E-state index contributed by atoms with van der Waals surface area (Å²) in [7, 11) is 0. The number of nitrogens with zero attached hydrogens (tertiary/aromatic N) is 1. The molecule has 18 heavy (non-hydrogen) atoms. The van der Waals surface area contributed by atoms with Crippen LogP contribution in [0.25, 0.3) is 0 Å². The van der Waals surface area contributed by atoms with Crippen molar-refractivity contribution in [2.45, 2.75) is 0 Å². The predicted octanol–water partition coefficient (Wildman–Crippen LogP) is 3.34.